The summed E-state index contributed by atoms with van der Waals surface area (Å²) in [6.07, 6.45) is 69.3. The molecule has 19 heteroatoms. The van der Waals surface area contributed by atoms with Crippen molar-refractivity contribution in [2.45, 2.75) is 470 Å². The first kappa shape index (κ1) is 101. The van der Waals surface area contributed by atoms with Crippen LogP contribution >= 0.6 is 15.6 Å². The number of ether oxygens (including phenoxy) is 4. The second-order valence-corrected chi connectivity index (χ2v) is 33.6. The third-order valence-electron chi connectivity index (χ3n) is 19.8. The van der Waals surface area contributed by atoms with Gasteiger partial charge in [-0.25, -0.2) is 9.13 Å². The molecule has 612 valence electrons. The van der Waals surface area contributed by atoms with Crippen LogP contribution in [0.15, 0.2) is 0 Å². The first-order valence-corrected chi connectivity index (χ1v) is 46.6. The van der Waals surface area contributed by atoms with Crippen LogP contribution in [-0.2, 0) is 65.4 Å². The lowest BCUT2D eigenvalue weighted by Crippen LogP contribution is -2.30. The lowest BCUT2D eigenvalue weighted by molar-refractivity contribution is -0.161. The summed E-state index contributed by atoms with van der Waals surface area (Å²) in [5, 5.41) is 10.7. The number of aliphatic hydroxyl groups excluding tert-OH is 1. The number of rotatable bonds is 84. The highest BCUT2D eigenvalue weighted by Crippen LogP contribution is 2.45. The van der Waals surface area contributed by atoms with Crippen molar-refractivity contribution in [3.05, 3.63) is 0 Å². The van der Waals surface area contributed by atoms with Crippen LogP contribution in [0.4, 0.5) is 0 Å². The van der Waals surface area contributed by atoms with Gasteiger partial charge in [0.05, 0.1) is 26.4 Å². The average Bonchev–Trinajstić information content (AvgIpc) is 0.930. The smallest absolute Gasteiger partial charge is 0.462 e. The van der Waals surface area contributed by atoms with E-state index in [1.165, 1.54) is 276 Å². The van der Waals surface area contributed by atoms with Crippen LogP contribution in [0.5, 0.6) is 0 Å². The van der Waals surface area contributed by atoms with Crippen LogP contribution in [0.25, 0.3) is 0 Å². The molecule has 0 rings (SSSR count). The molecule has 2 unspecified atom stereocenters. The molecule has 17 nitrogen and oxygen atoms in total. The van der Waals surface area contributed by atoms with Gasteiger partial charge in [-0.3, -0.25) is 37.3 Å². The van der Waals surface area contributed by atoms with E-state index in [4.69, 9.17) is 37.0 Å². The van der Waals surface area contributed by atoms with Gasteiger partial charge < -0.3 is 33.8 Å². The number of carbonyl (C=O) groups is 4. The Morgan fingerprint density at radius 1 is 0.262 bits per heavy atom. The lowest BCUT2D eigenvalue weighted by atomic mass is 10.0. The van der Waals surface area contributed by atoms with E-state index >= 15 is 0 Å². The highest BCUT2D eigenvalue weighted by molar-refractivity contribution is 7.47. The zero-order valence-corrected chi connectivity index (χ0v) is 69.3. The number of phosphoric ester groups is 2. The van der Waals surface area contributed by atoms with Crippen LogP contribution in [-0.4, -0.2) is 96.7 Å². The van der Waals surface area contributed by atoms with Crippen LogP contribution < -0.4 is 0 Å². The fourth-order valence-corrected chi connectivity index (χ4v) is 14.7. The Balaban J connectivity index is 5.24. The van der Waals surface area contributed by atoms with Gasteiger partial charge in [-0.05, 0) is 31.6 Å². The molecular weight excluding hydrogens is 1340 g/mol. The third-order valence-corrected chi connectivity index (χ3v) is 21.7. The second kappa shape index (κ2) is 76.8. The average molecular weight is 1510 g/mol. The van der Waals surface area contributed by atoms with Gasteiger partial charge in [0, 0.05) is 25.7 Å². The molecular formula is C84H164O17P2. The van der Waals surface area contributed by atoms with Crippen LogP contribution in [0, 0.1) is 5.92 Å². The van der Waals surface area contributed by atoms with Crippen molar-refractivity contribution in [1.82, 2.24) is 0 Å². The Morgan fingerprint density at radius 2 is 0.447 bits per heavy atom. The zero-order valence-electron chi connectivity index (χ0n) is 67.5. The molecule has 0 aliphatic heterocycles. The van der Waals surface area contributed by atoms with Gasteiger partial charge in [0.25, 0.3) is 0 Å². The van der Waals surface area contributed by atoms with Crippen molar-refractivity contribution in [1.29, 1.82) is 0 Å². The summed E-state index contributed by atoms with van der Waals surface area (Å²) in [6.45, 7) is 7.36. The van der Waals surface area contributed by atoms with E-state index in [0.29, 0.717) is 25.7 Å². The minimum Gasteiger partial charge on any atom is -0.462 e. The van der Waals surface area contributed by atoms with Gasteiger partial charge in [0.15, 0.2) is 12.2 Å². The summed E-state index contributed by atoms with van der Waals surface area (Å²) < 4.78 is 68.8. The van der Waals surface area contributed by atoms with E-state index in [9.17, 15) is 43.2 Å². The van der Waals surface area contributed by atoms with Gasteiger partial charge in [-0.2, -0.15) is 0 Å². The molecule has 0 aromatic heterocycles. The largest absolute Gasteiger partial charge is 0.472 e. The molecule has 0 saturated heterocycles. The van der Waals surface area contributed by atoms with E-state index in [1.807, 2.05) is 0 Å². The first-order valence-electron chi connectivity index (χ1n) is 43.6. The Labute approximate surface area is 632 Å². The van der Waals surface area contributed by atoms with Gasteiger partial charge in [0.1, 0.15) is 19.3 Å². The summed E-state index contributed by atoms with van der Waals surface area (Å²) in [5.74, 6) is -1.32. The molecule has 3 N–H and O–H groups in total. The number of unbranched alkanes of at least 4 members (excludes halogenated alkanes) is 56. The van der Waals surface area contributed by atoms with E-state index in [0.717, 1.165) is 95.8 Å². The second-order valence-electron chi connectivity index (χ2n) is 30.7. The lowest BCUT2D eigenvalue weighted by Gasteiger charge is -2.21. The van der Waals surface area contributed by atoms with Crippen molar-refractivity contribution in [2.24, 2.45) is 5.92 Å². The Hall–Kier alpha value is -1.94. The molecule has 0 aliphatic rings. The molecule has 0 amide bonds. The van der Waals surface area contributed by atoms with Crippen LogP contribution in [0.1, 0.15) is 452 Å². The summed E-state index contributed by atoms with van der Waals surface area (Å²) in [7, 11) is -9.92. The summed E-state index contributed by atoms with van der Waals surface area (Å²) in [4.78, 5) is 73.2. The molecule has 0 fully saturated rings. The normalized spacial score (nSPS) is 13.8. The molecule has 0 bridgehead atoms. The molecule has 0 saturated carbocycles. The summed E-state index contributed by atoms with van der Waals surface area (Å²) in [6, 6.07) is 0. The molecule has 5 atom stereocenters. The monoisotopic (exact) mass is 1510 g/mol. The van der Waals surface area contributed by atoms with Crippen molar-refractivity contribution in [2.75, 3.05) is 39.6 Å². The number of phosphoric acid groups is 2. The molecule has 0 radical (unpaired) electrons. The fraction of sp³-hybridized carbons (Fsp3) is 0.952. The SMILES string of the molecule is CCCCCCCCCCCCCCCCCCCCCCC(=O)O[C@H](COC(=O)CCCCCCCCCCCCCCCCCCC)COP(=O)(O)OC[C@@H](O)COP(=O)(O)OC[C@@H](COC(=O)CCCCCCCCCCCCC)OC(=O)CCCCCCCCCCCCCCC(C)C. The number of esters is 4. The van der Waals surface area contributed by atoms with Crippen molar-refractivity contribution in [3.63, 3.8) is 0 Å². The highest BCUT2D eigenvalue weighted by atomic mass is 31.2. The van der Waals surface area contributed by atoms with E-state index in [1.54, 1.807) is 0 Å². The van der Waals surface area contributed by atoms with Crippen LogP contribution in [0.3, 0.4) is 0 Å². The third kappa shape index (κ3) is 78.0. The van der Waals surface area contributed by atoms with Gasteiger partial charge in [-0.1, -0.05) is 401 Å². The van der Waals surface area contributed by atoms with E-state index in [2.05, 4.69) is 34.6 Å². The Kier molecular flexibility index (Phi) is 75.4. The number of hydrogen-bond donors (Lipinski definition) is 3. The van der Waals surface area contributed by atoms with E-state index in [-0.39, 0.29) is 25.7 Å². The maximum absolute atomic E-state index is 13.1. The molecule has 0 aliphatic carbocycles. The van der Waals surface area contributed by atoms with E-state index < -0.39 is 97.5 Å². The van der Waals surface area contributed by atoms with Crippen molar-refractivity contribution >= 4 is 39.5 Å². The van der Waals surface area contributed by atoms with Gasteiger partial charge >= 0.3 is 39.5 Å². The topological polar surface area (TPSA) is 237 Å². The molecule has 103 heavy (non-hydrogen) atoms. The molecule has 0 spiro atoms. The highest BCUT2D eigenvalue weighted by Gasteiger charge is 2.30. The quantitative estimate of drug-likeness (QED) is 0.0222. The summed E-state index contributed by atoms with van der Waals surface area (Å²) >= 11 is 0. The van der Waals surface area contributed by atoms with Crippen LogP contribution in [0.2, 0.25) is 0 Å². The molecule has 0 heterocycles. The van der Waals surface area contributed by atoms with Crippen molar-refractivity contribution < 1.29 is 80.2 Å². The van der Waals surface area contributed by atoms with Gasteiger partial charge in [0.2, 0.25) is 0 Å². The maximum Gasteiger partial charge on any atom is 0.472 e. The zero-order chi connectivity index (χ0) is 75.5. The maximum atomic E-state index is 13.1. The number of carbonyl (C=O) groups excluding carboxylic acids is 4. The number of aliphatic hydroxyl groups is 1. The Morgan fingerprint density at radius 3 is 0.660 bits per heavy atom. The number of hydrogen-bond acceptors (Lipinski definition) is 15. The molecule has 0 aromatic rings. The summed E-state index contributed by atoms with van der Waals surface area (Å²) in [5.41, 5.74) is 0. The first-order chi connectivity index (χ1) is 50.0. The fourth-order valence-electron chi connectivity index (χ4n) is 13.1. The minimum absolute atomic E-state index is 0.108. The predicted octanol–water partition coefficient (Wildman–Crippen LogP) is 25.6. The predicted molar refractivity (Wildman–Crippen MR) is 423 cm³/mol. The van der Waals surface area contributed by atoms with Crippen molar-refractivity contribution in [3.8, 4) is 0 Å². The molecule has 0 aromatic carbocycles. The van der Waals surface area contributed by atoms with Gasteiger partial charge in [-0.15, -0.1) is 0 Å². The Bertz CT molecular complexity index is 1960. The standard InChI is InChI=1S/C84H164O17P2/c1-6-9-12-15-18-21-24-26-28-30-31-32-34-36-38-44-49-54-59-64-69-83(88)100-80(74-95-82(87)68-63-58-53-48-43-37-35-33-29-27-25-22-19-16-13-10-7-2)76-99-103(92,93)97-72-78(85)71-96-102(90,91)98-75-79(73-94-81(86)67-62-57-52-47-41-23-20-17-14-11-8-3)101-84(89)70-65-60-55-50-45-40-39-42-46-51-56-61-66-77(4)5/h77-80,85H,6-76H2,1-5H3,(H,90,91)(H,92,93)/t78-,79+,80+/m0/s1. The minimum atomic E-state index is -4.96.